The number of hydrogen-bond acceptors (Lipinski definition) is 2. The molecule has 2 heterocycles. The van der Waals surface area contributed by atoms with E-state index in [0.717, 1.165) is 30.5 Å². The zero-order valence-corrected chi connectivity index (χ0v) is 17.6. The van der Waals surface area contributed by atoms with E-state index < -0.39 is 0 Å². The Labute approximate surface area is 180 Å². The number of aromatic amines is 1. The molecular weight excluding hydrogens is 390 g/mol. The van der Waals surface area contributed by atoms with Gasteiger partial charge in [0.1, 0.15) is 0 Å². The second-order valence-corrected chi connectivity index (χ2v) is 8.98. The predicted octanol–water partition coefficient (Wildman–Crippen LogP) is 3.94. The molecule has 4 nitrogen and oxygen atoms in total. The maximum Gasteiger partial charge on any atom is 0.283 e. The molecule has 0 spiro atoms. The van der Waals surface area contributed by atoms with Crippen LogP contribution in [0.25, 0.3) is 10.9 Å². The summed E-state index contributed by atoms with van der Waals surface area (Å²) in [6.07, 6.45) is 4.32. The van der Waals surface area contributed by atoms with Gasteiger partial charge >= 0.3 is 0 Å². The molecule has 2 aromatic heterocycles. The Morgan fingerprint density at radius 1 is 1.07 bits per heavy atom. The first-order valence-corrected chi connectivity index (χ1v) is 11.5. The second kappa shape index (κ2) is 8.46. The van der Waals surface area contributed by atoms with Crippen molar-refractivity contribution in [1.82, 2.24) is 10.3 Å². The van der Waals surface area contributed by atoms with Crippen LogP contribution in [0.2, 0.25) is 0 Å². The van der Waals surface area contributed by atoms with Crippen LogP contribution in [-0.4, -0.2) is 23.5 Å². The molecule has 152 valence electrons. The first-order valence-electron chi connectivity index (χ1n) is 10.6. The fraction of sp³-hybridized carbons (Fsp3) is 0.240. The van der Waals surface area contributed by atoms with E-state index in [1.54, 1.807) is 11.3 Å². The summed E-state index contributed by atoms with van der Waals surface area (Å²) in [5.74, 6) is 0.341. The lowest BCUT2D eigenvalue weighted by Gasteiger charge is -2.20. The minimum absolute atomic E-state index is 0.118. The summed E-state index contributed by atoms with van der Waals surface area (Å²) < 4.78 is 0. The van der Waals surface area contributed by atoms with E-state index in [1.165, 1.54) is 15.8 Å². The van der Waals surface area contributed by atoms with Gasteiger partial charge in [0.15, 0.2) is 6.04 Å². The summed E-state index contributed by atoms with van der Waals surface area (Å²) in [5, 5.41) is 8.79. The van der Waals surface area contributed by atoms with Crippen LogP contribution in [0.1, 0.15) is 40.8 Å². The van der Waals surface area contributed by atoms with Gasteiger partial charge in [-0.15, -0.1) is 11.3 Å². The molecule has 1 amide bonds. The highest BCUT2D eigenvalue weighted by atomic mass is 32.1. The zero-order chi connectivity index (χ0) is 20.3. The summed E-state index contributed by atoms with van der Waals surface area (Å²) in [4.78, 5) is 17.8. The van der Waals surface area contributed by atoms with Crippen molar-refractivity contribution in [1.29, 1.82) is 0 Å². The summed E-state index contributed by atoms with van der Waals surface area (Å²) in [6, 6.07) is 23.0. The lowest BCUT2D eigenvalue weighted by atomic mass is 9.95. The van der Waals surface area contributed by atoms with E-state index in [-0.39, 0.29) is 17.9 Å². The highest BCUT2D eigenvalue weighted by Gasteiger charge is 2.32. The number of quaternary nitrogens is 1. The van der Waals surface area contributed by atoms with Crippen LogP contribution in [0, 0.1) is 0 Å². The van der Waals surface area contributed by atoms with Crippen molar-refractivity contribution in [2.75, 3.05) is 6.54 Å². The van der Waals surface area contributed by atoms with E-state index in [0.29, 0.717) is 6.04 Å². The normalized spacial score (nSPS) is 15.7. The Kier molecular flexibility index (Phi) is 5.39. The Hall–Kier alpha value is -2.89. The summed E-state index contributed by atoms with van der Waals surface area (Å²) in [7, 11) is 0. The molecule has 4 aromatic rings. The van der Waals surface area contributed by atoms with Crippen LogP contribution in [0.3, 0.4) is 0 Å². The minimum atomic E-state index is -0.237. The summed E-state index contributed by atoms with van der Waals surface area (Å²) >= 11 is 1.78. The molecule has 30 heavy (non-hydrogen) atoms. The smallest absolute Gasteiger partial charge is 0.283 e. The Bertz CT molecular complexity index is 1120. The Morgan fingerprint density at radius 2 is 1.87 bits per heavy atom. The van der Waals surface area contributed by atoms with E-state index in [9.17, 15) is 4.79 Å². The number of nitrogens with two attached hydrogens (primary N) is 1. The van der Waals surface area contributed by atoms with E-state index in [1.807, 2.05) is 18.2 Å². The number of fused-ring (bicyclic) bond motifs is 1. The summed E-state index contributed by atoms with van der Waals surface area (Å²) in [6.45, 7) is 0.806. The van der Waals surface area contributed by atoms with E-state index >= 15 is 0 Å². The number of hydrogen-bond donors (Lipinski definition) is 3. The third kappa shape index (κ3) is 4.04. The topological polar surface area (TPSA) is 61.5 Å². The second-order valence-electron chi connectivity index (χ2n) is 8.00. The molecule has 2 atom stereocenters. The van der Waals surface area contributed by atoms with Crippen molar-refractivity contribution >= 4 is 28.1 Å². The standard InChI is InChI=1S/C25H25N3OS/c29-25(28-18-12-13-18)24(17-7-2-1-3-8-17)27-16-21(23-11-6-14-30-23)20-15-26-22-10-5-4-9-19(20)22/h1-11,14-15,18,21,24,26-27H,12-13,16H2,(H,28,29)/p+1/t21-,24+/m0/s1. The quantitative estimate of drug-likeness (QED) is 0.400. The molecule has 0 saturated heterocycles. The number of amides is 1. The molecule has 5 rings (SSSR count). The number of H-pyrrole nitrogens is 1. The van der Waals surface area contributed by atoms with Gasteiger partial charge in [-0.1, -0.05) is 54.6 Å². The molecule has 1 aliphatic rings. The first-order chi connectivity index (χ1) is 14.8. The number of carbonyl (C=O) groups excluding carboxylic acids is 1. The monoisotopic (exact) mass is 416 g/mol. The molecule has 1 aliphatic carbocycles. The van der Waals surface area contributed by atoms with Gasteiger partial charge in [-0.25, -0.2) is 0 Å². The van der Waals surface area contributed by atoms with Crippen LogP contribution in [0.15, 0.2) is 78.3 Å². The maximum absolute atomic E-state index is 13.0. The van der Waals surface area contributed by atoms with Crippen LogP contribution in [0.5, 0.6) is 0 Å². The molecule has 1 fully saturated rings. The van der Waals surface area contributed by atoms with Crippen molar-refractivity contribution in [3.63, 3.8) is 0 Å². The van der Waals surface area contributed by atoms with E-state index in [4.69, 9.17) is 0 Å². The van der Waals surface area contributed by atoms with Gasteiger partial charge in [0.25, 0.3) is 5.91 Å². The van der Waals surface area contributed by atoms with Gasteiger partial charge in [0.05, 0.1) is 12.5 Å². The average molecular weight is 417 g/mol. The first kappa shape index (κ1) is 19.1. The van der Waals surface area contributed by atoms with Crippen molar-refractivity contribution in [3.8, 4) is 0 Å². The molecule has 0 aliphatic heterocycles. The molecule has 0 radical (unpaired) electrons. The lowest BCUT2D eigenvalue weighted by Crippen LogP contribution is -2.88. The molecule has 1 saturated carbocycles. The number of carbonyl (C=O) groups is 1. The fourth-order valence-corrected chi connectivity index (χ4v) is 4.97. The average Bonchev–Trinajstić information content (AvgIpc) is 3.26. The highest BCUT2D eigenvalue weighted by molar-refractivity contribution is 7.10. The SMILES string of the molecule is O=C(NC1CC1)[C@H]([NH2+]C[C@H](c1cccs1)c1c[nH]c2ccccc12)c1ccccc1. The molecule has 4 N–H and O–H groups in total. The van der Waals surface area contributed by atoms with Crippen LogP contribution in [-0.2, 0) is 4.79 Å². The van der Waals surface area contributed by atoms with Crippen molar-refractivity contribution in [2.45, 2.75) is 30.8 Å². The van der Waals surface area contributed by atoms with Gasteiger partial charge in [-0.2, -0.15) is 0 Å². The lowest BCUT2D eigenvalue weighted by molar-refractivity contribution is -0.684. The van der Waals surface area contributed by atoms with Gasteiger partial charge in [0, 0.05) is 33.6 Å². The number of para-hydroxylation sites is 1. The maximum atomic E-state index is 13.0. The van der Waals surface area contributed by atoms with Crippen molar-refractivity contribution < 1.29 is 10.1 Å². The number of nitrogens with one attached hydrogen (secondary N) is 2. The van der Waals surface area contributed by atoms with Gasteiger partial charge < -0.3 is 15.6 Å². The van der Waals surface area contributed by atoms with Crippen molar-refractivity contribution in [2.24, 2.45) is 0 Å². The minimum Gasteiger partial charge on any atom is -0.361 e. The van der Waals surface area contributed by atoms with Crippen molar-refractivity contribution in [3.05, 3.63) is 94.3 Å². The zero-order valence-electron chi connectivity index (χ0n) is 16.8. The molecule has 5 heteroatoms. The van der Waals surface area contributed by atoms with Crippen LogP contribution in [0.4, 0.5) is 0 Å². The Balaban J connectivity index is 1.44. The number of aromatic nitrogens is 1. The third-order valence-electron chi connectivity index (χ3n) is 5.86. The largest absolute Gasteiger partial charge is 0.361 e. The summed E-state index contributed by atoms with van der Waals surface area (Å²) in [5.41, 5.74) is 3.50. The molecule has 0 bridgehead atoms. The third-order valence-corrected chi connectivity index (χ3v) is 6.84. The molecule has 2 aromatic carbocycles. The van der Waals surface area contributed by atoms with Crippen LogP contribution < -0.4 is 10.6 Å². The Morgan fingerprint density at radius 3 is 2.63 bits per heavy atom. The van der Waals surface area contributed by atoms with Gasteiger partial charge in [-0.3, -0.25) is 4.79 Å². The predicted molar refractivity (Wildman–Crippen MR) is 122 cm³/mol. The fourth-order valence-electron chi connectivity index (χ4n) is 4.11. The highest BCUT2D eigenvalue weighted by Crippen LogP contribution is 2.32. The van der Waals surface area contributed by atoms with Gasteiger partial charge in [-0.05, 0) is 35.9 Å². The molecular formula is C25H26N3OS+. The number of benzene rings is 2. The number of rotatable bonds is 8. The number of thiophene rings is 1. The van der Waals surface area contributed by atoms with E-state index in [2.05, 4.69) is 75.7 Å². The molecule has 0 unspecified atom stereocenters. The van der Waals surface area contributed by atoms with Gasteiger partial charge in [0.2, 0.25) is 0 Å². The van der Waals surface area contributed by atoms with Crippen LogP contribution >= 0.6 is 11.3 Å².